The first-order valence-corrected chi connectivity index (χ1v) is 8.93. The van der Waals surface area contributed by atoms with Crippen molar-refractivity contribution < 1.29 is 4.79 Å². The third-order valence-electron chi connectivity index (χ3n) is 4.78. The Labute approximate surface area is 153 Å². The summed E-state index contributed by atoms with van der Waals surface area (Å²) in [5.41, 5.74) is 3.56. The molecule has 1 aliphatic carbocycles. The lowest BCUT2D eigenvalue weighted by Crippen LogP contribution is -2.37. The average Bonchev–Trinajstić information content (AvgIpc) is 3.24. The number of urea groups is 1. The summed E-state index contributed by atoms with van der Waals surface area (Å²) >= 11 is 0. The van der Waals surface area contributed by atoms with Crippen LogP contribution in [0.2, 0.25) is 0 Å². The maximum Gasteiger partial charge on any atom is 0.315 e. The fourth-order valence-electron chi connectivity index (χ4n) is 3.27. The number of aromatic nitrogens is 2. The normalized spacial score (nSPS) is 18.3. The molecule has 2 amide bonds. The summed E-state index contributed by atoms with van der Waals surface area (Å²) < 4.78 is 1.88. The molecule has 0 unspecified atom stereocenters. The highest BCUT2D eigenvalue weighted by atomic mass is 16.2. The monoisotopic (exact) mass is 346 g/mol. The van der Waals surface area contributed by atoms with E-state index in [1.54, 1.807) is 6.20 Å². The zero-order valence-corrected chi connectivity index (χ0v) is 14.5. The highest BCUT2D eigenvalue weighted by molar-refractivity contribution is 5.75. The van der Waals surface area contributed by atoms with Crippen molar-refractivity contribution in [1.82, 2.24) is 20.4 Å². The predicted molar refractivity (Wildman–Crippen MR) is 101 cm³/mol. The Morgan fingerprint density at radius 1 is 1.04 bits per heavy atom. The Bertz CT molecular complexity index is 861. The van der Waals surface area contributed by atoms with Crippen molar-refractivity contribution in [2.45, 2.75) is 31.5 Å². The zero-order valence-electron chi connectivity index (χ0n) is 14.5. The van der Waals surface area contributed by atoms with Gasteiger partial charge >= 0.3 is 6.03 Å². The predicted octanol–water partition coefficient (Wildman–Crippen LogP) is 3.29. The van der Waals surface area contributed by atoms with Crippen molar-refractivity contribution in [1.29, 1.82) is 0 Å². The van der Waals surface area contributed by atoms with E-state index >= 15 is 0 Å². The molecule has 5 heteroatoms. The van der Waals surface area contributed by atoms with Crippen molar-refractivity contribution in [3.8, 4) is 0 Å². The van der Waals surface area contributed by atoms with Gasteiger partial charge in [0.25, 0.3) is 0 Å². The largest absolute Gasteiger partial charge is 0.335 e. The minimum atomic E-state index is -0.109. The van der Waals surface area contributed by atoms with E-state index in [0.717, 1.165) is 17.5 Å². The molecule has 0 bridgehead atoms. The second kappa shape index (κ2) is 7.44. The number of carbonyl (C=O) groups is 1. The van der Waals surface area contributed by atoms with Crippen LogP contribution in [-0.4, -0.2) is 21.9 Å². The van der Waals surface area contributed by atoms with Crippen LogP contribution in [0.4, 0.5) is 4.79 Å². The highest BCUT2D eigenvalue weighted by Crippen LogP contribution is 2.40. The van der Waals surface area contributed by atoms with E-state index < -0.39 is 0 Å². The van der Waals surface area contributed by atoms with Crippen LogP contribution in [0.25, 0.3) is 0 Å². The molecule has 1 aliphatic rings. The van der Waals surface area contributed by atoms with E-state index in [0.29, 0.717) is 19.0 Å². The number of benzene rings is 2. The van der Waals surface area contributed by atoms with E-state index in [4.69, 9.17) is 0 Å². The van der Waals surface area contributed by atoms with Gasteiger partial charge in [0.15, 0.2) is 0 Å². The summed E-state index contributed by atoms with van der Waals surface area (Å²) in [6.45, 7) is 1.21. The van der Waals surface area contributed by atoms with Crippen LogP contribution >= 0.6 is 0 Å². The Morgan fingerprint density at radius 3 is 2.58 bits per heavy atom. The molecule has 2 atom stereocenters. The number of carbonyl (C=O) groups excluding carboxylic acids is 1. The first kappa shape index (κ1) is 16.4. The van der Waals surface area contributed by atoms with Crippen LogP contribution in [0, 0.1) is 0 Å². The van der Waals surface area contributed by atoms with Gasteiger partial charge in [-0.2, -0.15) is 5.10 Å². The molecular formula is C21H22N4O. The van der Waals surface area contributed by atoms with Gasteiger partial charge in [-0.05, 0) is 29.2 Å². The molecule has 4 rings (SSSR count). The smallest absolute Gasteiger partial charge is 0.315 e. The molecular weight excluding hydrogens is 324 g/mol. The van der Waals surface area contributed by atoms with Crippen LogP contribution in [-0.2, 0) is 13.1 Å². The van der Waals surface area contributed by atoms with Crippen molar-refractivity contribution >= 4 is 6.03 Å². The van der Waals surface area contributed by atoms with E-state index in [1.807, 2.05) is 53.3 Å². The summed E-state index contributed by atoms with van der Waals surface area (Å²) in [6, 6.07) is 20.5. The number of hydrogen-bond donors (Lipinski definition) is 2. The van der Waals surface area contributed by atoms with Crippen LogP contribution in [0.5, 0.6) is 0 Å². The number of nitrogens with one attached hydrogen (secondary N) is 2. The number of nitrogens with zero attached hydrogens (tertiary/aromatic N) is 2. The summed E-state index contributed by atoms with van der Waals surface area (Å²) in [5.74, 6) is 0.439. The second-order valence-electron chi connectivity index (χ2n) is 6.66. The van der Waals surface area contributed by atoms with Gasteiger partial charge in [-0.3, -0.25) is 4.68 Å². The molecule has 1 fully saturated rings. The third-order valence-corrected chi connectivity index (χ3v) is 4.78. The van der Waals surface area contributed by atoms with Crippen LogP contribution in [0.3, 0.4) is 0 Å². The number of rotatable bonds is 6. The van der Waals surface area contributed by atoms with Gasteiger partial charge in [-0.25, -0.2) is 4.79 Å². The summed E-state index contributed by atoms with van der Waals surface area (Å²) in [4.78, 5) is 12.2. The quantitative estimate of drug-likeness (QED) is 0.719. The molecule has 26 heavy (non-hydrogen) atoms. The molecule has 1 aromatic heterocycles. The lowest BCUT2D eigenvalue weighted by atomic mass is 10.1. The standard InChI is InChI=1S/C21H22N4O/c26-21(24-20-13-19(20)16-7-2-1-3-8-16)22-14-17-9-4-5-10-18(17)15-25-12-6-11-23-25/h1-12,19-20H,13-15H2,(H2,22,24,26)/t19-,20-/m1/s1. The summed E-state index contributed by atoms with van der Waals surface area (Å²) in [7, 11) is 0. The molecule has 132 valence electrons. The van der Waals surface area contributed by atoms with Gasteiger partial charge in [-0.15, -0.1) is 0 Å². The molecule has 3 aromatic rings. The van der Waals surface area contributed by atoms with E-state index in [2.05, 4.69) is 33.9 Å². The van der Waals surface area contributed by atoms with Crippen LogP contribution < -0.4 is 10.6 Å². The SMILES string of the molecule is O=C(NCc1ccccc1Cn1cccn1)N[C@@H]1C[C@@H]1c1ccccc1. The molecule has 0 radical (unpaired) electrons. The molecule has 0 aliphatic heterocycles. The zero-order chi connectivity index (χ0) is 17.8. The van der Waals surface area contributed by atoms with Crippen molar-refractivity contribution in [3.05, 3.63) is 89.7 Å². The number of hydrogen-bond acceptors (Lipinski definition) is 2. The van der Waals surface area contributed by atoms with E-state index in [1.165, 1.54) is 5.56 Å². The van der Waals surface area contributed by atoms with Gasteiger partial charge in [0, 0.05) is 30.9 Å². The van der Waals surface area contributed by atoms with E-state index in [-0.39, 0.29) is 12.1 Å². The molecule has 5 nitrogen and oxygen atoms in total. The Morgan fingerprint density at radius 2 is 1.81 bits per heavy atom. The van der Waals surface area contributed by atoms with Crippen LogP contribution in [0.15, 0.2) is 73.1 Å². The lowest BCUT2D eigenvalue weighted by molar-refractivity contribution is 0.240. The van der Waals surface area contributed by atoms with Gasteiger partial charge in [0.1, 0.15) is 0 Å². The Hall–Kier alpha value is -3.08. The van der Waals surface area contributed by atoms with Crippen molar-refractivity contribution in [2.24, 2.45) is 0 Å². The molecule has 1 heterocycles. The Kier molecular flexibility index (Phi) is 4.69. The fraction of sp³-hybridized carbons (Fsp3) is 0.238. The highest BCUT2D eigenvalue weighted by Gasteiger charge is 2.39. The number of amides is 2. The maximum absolute atomic E-state index is 12.2. The lowest BCUT2D eigenvalue weighted by Gasteiger charge is -2.12. The topological polar surface area (TPSA) is 59.0 Å². The Balaban J connectivity index is 1.30. The molecule has 2 N–H and O–H groups in total. The second-order valence-corrected chi connectivity index (χ2v) is 6.66. The first-order chi connectivity index (χ1) is 12.8. The van der Waals surface area contributed by atoms with Gasteiger partial charge in [0.2, 0.25) is 0 Å². The van der Waals surface area contributed by atoms with Gasteiger partial charge in [-0.1, -0.05) is 54.6 Å². The molecule has 0 spiro atoms. The van der Waals surface area contributed by atoms with Crippen LogP contribution in [0.1, 0.15) is 29.0 Å². The average molecular weight is 346 g/mol. The van der Waals surface area contributed by atoms with Crippen molar-refractivity contribution in [2.75, 3.05) is 0 Å². The van der Waals surface area contributed by atoms with Gasteiger partial charge < -0.3 is 10.6 Å². The minimum absolute atomic E-state index is 0.109. The van der Waals surface area contributed by atoms with E-state index in [9.17, 15) is 4.79 Å². The van der Waals surface area contributed by atoms with Crippen molar-refractivity contribution in [3.63, 3.8) is 0 Å². The minimum Gasteiger partial charge on any atom is -0.335 e. The molecule has 1 saturated carbocycles. The maximum atomic E-state index is 12.2. The summed E-state index contributed by atoms with van der Waals surface area (Å²) in [5, 5.41) is 10.3. The van der Waals surface area contributed by atoms with Gasteiger partial charge in [0.05, 0.1) is 6.54 Å². The summed E-state index contributed by atoms with van der Waals surface area (Å²) in [6.07, 6.45) is 4.72. The fourth-order valence-corrected chi connectivity index (χ4v) is 3.27. The molecule has 0 saturated heterocycles. The molecule has 2 aromatic carbocycles. The third kappa shape index (κ3) is 3.94. The first-order valence-electron chi connectivity index (χ1n) is 8.93.